The lowest BCUT2D eigenvalue weighted by Crippen LogP contribution is -2.21. The number of rotatable bonds is 3. The highest BCUT2D eigenvalue weighted by molar-refractivity contribution is 5.72. The summed E-state index contributed by atoms with van der Waals surface area (Å²) < 4.78 is 4.82. The summed E-state index contributed by atoms with van der Waals surface area (Å²) in [6, 6.07) is 0. The number of esters is 1. The minimum Gasteiger partial charge on any atom is -0.465 e. The van der Waals surface area contributed by atoms with E-state index in [1.807, 2.05) is 36.7 Å². The van der Waals surface area contributed by atoms with Gasteiger partial charge in [0.05, 0.1) is 6.61 Å². The van der Waals surface area contributed by atoms with Crippen LogP contribution in [0.3, 0.4) is 0 Å². The number of carbonyl (C=O) groups is 1. The fraction of sp³-hybridized carbons (Fsp3) is 0.300. The van der Waals surface area contributed by atoms with Crippen molar-refractivity contribution in [2.75, 3.05) is 13.2 Å². The summed E-state index contributed by atoms with van der Waals surface area (Å²) in [6.45, 7) is 2.49. The molecule has 1 aliphatic rings. The second kappa shape index (κ2) is 5.19. The number of nitrogens with zero attached hydrogens (tertiary/aromatic N) is 1. The average Bonchev–Trinajstić information content (AvgIpc) is 2.33. The Morgan fingerprint density at radius 2 is 1.85 bits per heavy atom. The second-order valence-corrected chi connectivity index (χ2v) is 2.55. The van der Waals surface area contributed by atoms with Crippen molar-refractivity contribution in [2.45, 2.75) is 6.92 Å². The van der Waals surface area contributed by atoms with Gasteiger partial charge in [-0.3, -0.25) is 4.79 Å². The van der Waals surface area contributed by atoms with Crippen LogP contribution in [-0.4, -0.2) is 24.0 Å². The van der Waals surface area contributed by atoms with Gasteiger partial charge in [-0.2, -0.15) is 0 Å². The first kappa shape index (κ1) is 9.58. The molecule has 0 saturated carbocycles. The summed E-state index contributed by atoms with van der Waals surface area (Å²) in [7, 11) is 0. The lowest BCUT2D eigenvalue weighted by Gasteiger charge is -2.12. The Morgan fingerprint density at radius 1 is 1.23 bits per heavy atom. The molecular weight excluding hydrogens is 166 g/mol. The van der Waals surface area contributed by atoms with E-state index in [4.69, 9.17) is 4.74 Å². The van der Waals surface area contributed by atoms with Crippen LogP contribution in [0, 0.1) is 0 Å². The molecule has 0 bridgehead atoms. The molecule has 0 N–H and O–H groups in total. The predicted octanol–water partition coefficient (Wildman–Crippen LogP) is 1.45. The number of hydrogen-bond donors (Lipinski definition) is 0. The molecule has 1 aliphatic heterocycles. The molecule has 70 valence electrons. The fourth-order valence-electron chi connectivity index (χ4n) is 0.960. The average molecular weight is 179 g/mol. The van der Waals surface area contributed by atoms with Crippen molar-refractivity contribution in [2.24, 2.45) is 0 Å². The van der Waals surface area contributed by atoms with Crippen molar-refractivity contribution >= 4 is 5.97 Å². The first-order chi connectivity index (χ1) is 6.33. The Morgan fingerprint density at radius 3 is 2.38 bits per heavy atom. The standard InChI is InChI=1S/C10H13NO2/c1-2-13-10(12)9-11-7-5-3-4-6-8-11/h3-8H,2,9H2,1H3. The maximum absolute atomic E-state index is 11.1. The van der Waals surface area contributed by atoms with E-state index in [1.165, 1.54) is 0 Å². The molecule has 0 unspecified atom stereocenters. The second-order valence-electron chi connectivity index (χ2n) is 2.55. The van der Waals surface area contributed by atoms with Gasteiger partial charge in [-0.05, 0) is 19.1 Å². The summed E-state index contributed by atoms with van der Waals surface area (Å²) in [4.78, 5) is 12.8. The van der Waals surface area contributed by atoms with E-state index in [9.17, 15) is 4.79 Å². The van der Waals surface area contributed by atoms with E-state index in [1.54, 1.807) is 11.8 Å². The van der Waals surface area contributed by atoms with Crippen LogP contribution < -0.4 is 0 Å². The third-order valence-corrected chi connectivity index (χ3v) is 1.51. The molecule has 0 aliphatic carbocycles. The zero-order valence-electron chi connectivity index (χ0n) is 7.64. The van der Waals surface area contributed by atoms with E-state index >= 15 is 0 Å². The summed E-state index contributed by atoms with van der Waals surface area (Å²) in [5, 5.41) is 0. The van der Waals surface area contributed by atoms with Gasteiger partial charge in [0.15, 0.2) is 0 Å². The minimum atomic E-state index is -0.210. The fourth-order valence-corrected chi connectivity index (χ4v) is 0.960. The summed E-state index contributed by atoms with van der Waals surface area (Å²) in [5.74, 6) is -0.210. The highest BCUT2D eigenvalue weighted by Gasteiger charge is 2.04. The Kier molecular flexibility index (Phi) is 3.82. The van der Waals surface area contributed by atoms with Crippen molar-refractivity contribution in [3.63, 3.8) is 0 Å². The SMILES string of the molecule is CCOC(=O)CN1C=CC=CC=C1. The van der Waals surface area contributed by atoms with Crippen molar-refractivity contribution in [1.29, 1.82) is 0 Å². The van der Waals surface area contributed by atoms with E-state index < -0.39 is 0 Å². The Hall–Kier alpha value is -1.51. The van der Waals surface area contributed by atoms with Crippen LogP contribution in [0.15, 0.2) is 36.7 Å². The quantitative estimate of drug-likeness (QED) is 0.614. The largest absolute Gasteiger partial charge is 0.465 e. The number of carbonyl (C=O) groups excluding carboxylic acids is 1. The highest BCUT2D eigenvalue weighted by atomic mass is 16.5. The first-order valence-corrected chi connectivity index (χ1v) is 4.26. The Labute approximate surface area is 78.0 Å². The Balaban J connectivity index is 2.40. The minimum absolute atomic E-state index is 0.210. The lowest BCUT2D eigenvalue weighted by molar-refractivity contribution is -0.143. The van der Waals surface area contributed by atoms with Crippen LogP contribution in [0.2, 0.25) is 0 Å². The molecule has 0 fully saturated rings. The van der Waals surface area contributed by atoms with Gasteiger partial charge in [0.2, 0.25) is 0 Å². The van der Waals surface area contributed by atoms with Crippen LogP contribution in [0.25, 0.3) is 0 Å². The molecule has 1 rings (SSSR count). The summed E-state index contributed by atoms with van der Waals surface area (Å²) in [6.07, 6.45) is 11.2. The number of allylic oxidation sites excluding steroid dienone is 4. The van der Waals surface area contributed by atoms with E-state index in [0.29, 0.717) is 6.61 Å². The van der Waals surface area contributed by atoms with Gasteiger partial charge in [0.25, 0.3) is 0 Å². The van der Waals surface area contributed by atoms with Crippen molar-refractivity contribution < 1.29 is 9.53 Å². The maximum Gasteiger partial charge on any atom is 0.325 e. The van der Waals surface area contributed by atoms with E-state index in [0.717, 1.165) is 0 Å². The van der Waals surface area contributed by atoms with Crippen LogP contribution in [0.4, 0.5) is 0 Å². The van der Waals surface area contributed by atoms with Gasteiger partial charge in [-0.1, -0.05) is 12.2 Å². The van der Waals surface area contributed by atoms with Crippen LogP contribution in [0.5, 0.6) is 0 Å². The number of hydrogen-bond acceptors (Lipinski definition) is 3. The highest BCUT2D eigenvalue weighted by Crippen LogP contribution is 1.98. The summed E-state index contributed by atoms with van der Waals surface area (Å²) >= 11 is 0. The summed E-state index contributed by atoms with van der Waals surface area (Å²) in [5.41, 5.74) is 0. The third-order valence-electron chi connectivity index (χ3n) is 1.51. The smallest absolute Gasteiger partial charge is 0.325 e. The molecule has 0 aromatic rings. The number of ether oxygens (including phenoxy) is 1. The van der Waals surface area contributed by atoms with Crippen LogP contribution >= 0.6 is 0 Å². The Bertz CT molecular complexity index is 238. The maximum atomic E-state index is 11.1. The molecule has 0 aromatic heterocycles. The van der Waals surface area contributed by atoms with E-state index in [2.05, 4.69) is 0 Å². The molecular formula is C10H13NO2. The monoisotopic (exact) mass is 179 g/mol. The molecule has 0 aromatic carbocycles. The molecule has 3 heteroatoms. The normalized spacial score (nSPS) is 14.4. The molecule has 1 heterocycles. The molecule has 0 atom stereocenters. The van der Waals surface area contributed by atoms with Crippen LogP contribution in [0.1, 0.15) is 6.92 Å². The van der Waals surface area contributed by atoms with Gasteiger partial charge in [0.1, 0.15) is 6.54 Å². The third kappa shape index (κ3) is 3.60. The van der Waals surface area contributed by atoms with Gasteiger partial charge in [-0.15, -0.1) is 0 Å². The lowest BCUT2D eigenvalue weighted by atomic mass is 10.5. The molecule has 3 nitrogen and oxygen atoms in total. The predicted molar refractivity (Wildman–Crippen MR) is 50.8 cm³/mol. The molecule has 13 heavy (non-hydrogen) atoms. The van der Waals surface area contributed by atoms with Gasteiger partial charge < -0.3 is 9.64 Å². The molecule has 0 amide bonds. The van der Waals surface area contributed by atoms with Gasteiger partial charge in [0, 0.05) is 12.4 Å². The van der Waals surface area contributed by atoms with Crippen molar-refractivity contribution in [1.82, 2.24) is 4.90 Å². The topological polar surface area (TPSA) is 29.5 Å². The van der Waals surface area contributed by atoms with Crippen LogP contribution in [-0.2, 0) is 9.53 Å². The van der Waals surface area contributed by atoms with Gasteiger partial charge >= 0.3 is 5.97 Å². The van der Waals surface area contributed by atoms with E-state index in [-0.39, 0.29) is 12.5 Å². The molecule has 0 spiro atoms. The molecule has 0 saturated heterocycles. The van der Waals surface area contributed by atoms with Gasteiger partial charge in [-0.25, -0.2) is 0 Å². The molecule has 0 radical (unpaired) electrons. The first-order valence-electron chi connectivity index (χ1n) is 4.26. The van der Waals surface area contributed by atoms with Crippen molar-refractivity contribution in [3.8, 4) is 0 Å². The van der Waals surface area contributed by atoms with Crippen molar-refractivity contribution in [3.05, 3.63) is 36.7 Å². The zero-order chi connectivity index (χ0) is 9.52. The zero-order valence-corrected chi connectivity index (χ0v) is 7.64.